The van der Waals surface area contributed by atoms with Crippen LogP contribution >= 0.6 is 0 Å². The molecule has 1 atom stereocenters. The molecular weight excluding hydrogens is 360 g/mol. The quantitative estimate of drug-likeness (QED) is 0.723. The van der Waals surface area contributed by atoms with E-state index in [-0.39, 0.29) is 18.3 Å². The fraction of sp³-hybridized carbons (Fsp3) is 0.211. The van der Waals surface area contributed by atoms with Gasteiger partial charge < -0.3 is 15.0 Å². The number of hydrogen-bond acceptors (Lipinski definition) is 6. The topological polar surface area (TPSA) is 102 Å². The van der Waals surface area contributed by atoms with Crippen molar-refractivity contribution in [2.45, 2.75) is 12.6 Å². The van der Waals surface area contributed by atoms with Crippen LogP contribution in [-0.2, 0) is 11.3 Å². The van der Waals surface area contributed by atoms with Crippen molar-refractivity contribution in [1.82, 2.24) is 25.5 Å². The van der Waals surface area contributed by atoms with Crippen molar-refractivity contribution in [1.29, 1.82) is 0 Å². The summed E-state index contributed by atoms with van der Waals surface area (Å²) in [6, 6.07) is 15.9. The van der Waals surface area contributed by atoms with Gasteiger partial charge in [-0.3, -0.25) is 9.59 Å². The van der Waals surface area contributed by atoms with Gasteiger partial charge >= 0.3 is 0 Å². The highest BCUT2D eigenvalue weighted by Crippen LogP contribution is 2.29. The molecule has 3 aromatic rings. The molecule has 0 bridgehead atoms. The monoisotopic (exact) mass is 378 g/mol. The van der Waals surface area contributed by atoms with Crippen molar-refractivity contribution in [3.8, 4) is 5.75 Å². The van der Waals surface area contributed by atoms with E-state index in [1.54, 1.807) is 19.2 Å². The molecule has 1 unspecified atom stereocenters. The Morgan fingerprint density at radius 1 is 1.18 bits per heavy atom. The predicted molar refractivity (Wildman–Crippen MR) is 100.0 cm³/mol. The molecule has 9 nitrogen and oxygen atoms in total. The smallest absolute Gasteiger partial charge is 0.293 e. The minimum Gasteiger partial charge on any atom is -0.489 e. The lowest BCUT2D eigenvalue weighted by molar-refractivity contribution is -0.120. The summed E-state index contributed by atoms with van der Waals surface area (Å²) in [6.45, 7) is 0.411. The maximum absolute atomic E-state index is 12.7. The van der Waals surface area contributed by atoms with Crippen molar-refractivity contribution in [3.63, 3.8) is 0 Å². The second kappa shape index (κ2) is 7.47. The summed E-state index contributed by atoms with van der Waals surface area (Å²) >= 11 is 0. The maximum Gasteiger partial charge on any atom is 0.293 e. The van der Waals surface area contributed by atoms with Gasteiger partial charge in [0.1, 0.15) is 18.4 Å². The standard InChI is InChI=1S/C19H18N6O3/c1-24-15-9-5-6-10-16(15)28-12-14(19(24)27)20-18(26)17-21-23-25(22-17)11-13-7-3-2-4-8-13/h2-10,14H,11-12H2,1H3,(H,20,26). The molecule has 142 valence electrons. The first-order chi connectivity index (χ1) is 13.6. The van der Waals surface area contributed by atoms with Crippen molar-refractivity contribution >= 4 is 17.5 Å². The highest BCUT2D eigenvalue weighted by atomic mass is 16.5. The number of aromatic nitrogens is 4. The zero-order valence-corrected chi connectivity index (χ0v) is 15.1. The first-order valence-electron chi connectivity index (χ1n) is 8.74. The molecule has 2 amide bonds. The van der Waals surface area contributed by atoms with Crippen LogP contribution in [0.4, 0.5) is 5.69 Å². The lowest BCUT2D eigenvalue weighted by Crippen LogP contribution is -2.49. The van der Waals surface area contributed by atoms with Gasteiger partial charge in [-0.05, 0) is 22.9 Å². The zero-order chi connectivity index (χ0) is 19.5. The Labute approximate surface area is 160 Å². The summed E-state index contributed by atoms with van der Waals surface area (Å²) in [5, 5.41) is 14.4. The number of ether oxygens (including phenoxy) is 1. The molecule has 2 aromatic carbocycles. The number of anilines is 1. The highest BCUT2D eigenvalue weighted by Gasteiger charge is 2.31. The van der Waals surface area contributed by atoms with Gasteiger partial charge in [0.2, 0.25) is 0 Å². The lowest BCUT2D eigenvalue weighted by atomic mass is 10.2. The Balaban J connectivity index is 1.45. The van der Waals surface area contributed by atoms with Gasteiger partial charge in [0.25, 0.3) is 17.6 Å². The number of benzene rings is 2. The van der Waals surface area contributed by atoms with Crippen LogP contribution in [0.3, 0.4) is 0 Å². The molecule has 0 radical (unpaired) electrons. The molecule has 0 saturated carbocycles. The number of amides is 2. The van der Waals surface area contributed by atoms with Crippen LogP contribution in [0, 0.1) is 0 Å². The molecule has 2 heterocycles. The summed E-state index contributed by atoms with van der Waals surface area (Å²) in [5.74, 6) is -0.384. The Hall–Kier alpha value is -3.75. The summed E-state index contributed by atoms with van der Waals surface area (Å²) < 4.78 is 5.68. The Bertz CT molecular complexity index is 1000. The van der Waals surface area contributed by atoms with Crippen LogP contribution in [-0.4, -0.2) is 51.7 Å². The van der Waals surface area contributed by atoms with E-state index in [9.17, 15) is 9.59 Å². The van der Waals surface area contributed by atoms with Crippen LogP contribution < -0.4 is 15.0 Å². The SMILES string of the molecule is CN1C(=O)C(NC(=O)c2nnn(Cc3ccccc3)n2)COc2ccccc21. The van der Waals surface area contributed by atoms with Gasteiger partial charge in [-0.15, -0.1) is 10.2 Å². The summed E-state index contributed by atoms with van der Waals surface area (Å²) in [6.07, 6.45) is 0. The number of carbonyl (C=O) groups is 2. The lowest BCUT2D eigenvalue weighted by Gasteiger charge is -2.19. The molecule has 0 aliphatic carbocycles. The van der Waals surface area contributed by atoms with E-state index in [0.29, 0.717) is 18.0 Å². The number of para-hydroxylation sites is 2. The molecule has 4 rings (SSSR count). The second-order valence-corrected chi connectivity index (χ2v) is 6.33. The number of nitrogens with zero attached hydrogens (tertiary/aromatic N) is 5. The van der Waals surface area contributed by atoms with Crippen LogP contribution in [0.1, 0.15) is 16.2 Å². The molecule has 0 spiro atoms. The number of rotatable bonds is 4. The van der Waals surface area contributed by atoms with Crippen LogP contribution in [0.15, 0.2) is 54.6 Å². The first kappa shape index (κ1) is 17.7. The number of likely N-dealkylation sites (N-methyl/N-ethyl adjacent to an activating group) is 1. The van der Waals surface area contributed by atoms with E-state index in [0.717, 1.165) is 5.56 Å². The number of nitrogens with one attached hydrogen (secondary N) is 1. The van der Waals surface area contributed by atoms with Crippen molar-refractivity contribution < 1.29 is 14.3 Å². The molecule has 0 fully saturated rings. The van der Waals surface area contributed by atoms with Gasteiger partial charge in [-0.1, -0.05) is 42.5 Å². The van der Waals surface area contributed by atoms with E-state index in [1.807, 2.05) is 42.5 Å². The van der Waals surface area contributed by atoms with Gasteiger partial charge in [0.15, 0.2) is 0 Å². The number of tetrazole rings is 1. The van der Waals surface area contributed by atoms with Gasteiger partial charge in [0, 0.05) is 7.05 Å². The van der Waals surface area contributed by atoms with Crippen molar-refractivity contribution in [2.75, 3.05) is 18.6 Å². The van der Waals surface area contributed by atoms with Gasteiger partial charge in [-0.2, -0.15) is 4.80 Å². The van der Waals surface area contributed by atoms with E-state index in [4.69, 9.17) is 4.74 Å². The fourth-order valence-corrected chi connectivity index (χ4v) is 2.93. The summed E-state index contributed by atoms with van der Waals surface area (Å²) in [7, 11) is 1.64. The molecule has 1 aliphatic heterocycles. The number of hydrogen-bond donors (Lipinski definition) is 1. The van der Waals surface area contributed by atoms with Crippen LogP contribution in [0.25, 0.3) is 0 Å². The first-order valence-corrected chi connectivity index (χ1v) is 8.74. The molecule has 1 N–H and O–H groups in total. The fourth-order valence-electron chi connectivity index (χ4n) is 2.93. The van der Waals surface area contributed by atoms with Crippen LogP contribution in [0.5, 0.6) is 5.75 Å². The molecule has 1 aliphatic rings. The van der Waals surface area contributed by atoms with E-state index in [2.05, 4.69) is 20.7 Å². The third kappa shape index (κ3) is 3.54. The number of carbonyl (C=O) groups excluding carboxylic acids is 2. The average molecular weight is 378 g/mol. The Morgan fingerprint density at radius 3 is 2.75 bits per heavy atom. The van der Waals surface area contributed by atoms with E-state index in [1.165, 1.54) is 9.70 Å². The molecule has 9 heteroatoms. The third-order valence-electron chi connectivity index (χ3n) is 4.39. The van der Waals surface area contributed by atoms with Crippen molar-refractivity contribution in [3.05, 3.63) is 66.0 Å². The summed E-state index contributed by atoms with van der Waals surface area (Å²) in [5.41, 5.74) is 1.63. The maximum atomic E-state index is 12.7. The minimum absolute atomic E-state index is 0.0179. The molecular formula is C19H18N6O3. The van der Waals surface area contributed by atoms with E-state index >= 15 is 0 Å². The molecule has 28 heavy (non-hydrogen) atoms. The third-order valence-corrected chi connectivity index (χ3v) is 4.39. The zero-order valence-electron chi connectivity index (χ0n) is 15.1. The second-order valence-electron chi connectivity index (χ2n) is 6.33. The van der Waals surface area contributed by atoms with Gasteiger partial charge in [0.05, 0.1) is 12.2 Å². The minimum atomic E-state index is -0.856. The average Bonchev–Trinajstić information content (AvgIpc) is 3.15. The van der Waals surface area contributed by atoms with Gasteiger partial charge in [-0.25, -0.2) is 0 Å². The van der Waals surface area contributed by atoms with E-state index < -0.39 is 11.9 Å². The predicted octanol–water partition coefficient (Wildman–Crippen LogP) is 0.875. The molecule has 1 aromatic heterocycles. The summed E-state index contributed by atoms with van der Waals surface area (Å²) in [4.78, 5) is 28.0. The molecule has 0 saturated heterocycles. The van der Waals surface area contributed by atoms with Crippen molar-refractivity contribution in [2.24, 2.45) is 0 Å². The highest BCUT2D eigenvalue weighted by molar-refractivity contribution is 6.02. The normalized spacial score (nSPS) is 16.1. The largest absolute Gasteiger partial charge is 0.489 e. The number of fused-ring (bicyclic) bond motifs is 1. The Kier molecular flexibility index (Phi) is 4.71. The van der Waals surface area contributed by atoms with Crippen LogP contribution in [0.2, 0.25) is 0 Å². The Morgan fingerprint density at radius 2 is 1.93 bits per heavy atom.